The van der Waals surface area contributed by atoms with Crippen molar-refractivity contribution in [1.82, 2.24) is 0 Å². The number of anilines is 2. The van der Waals surface area contributed by atoms with Crippen molar-refractivity contribution in [2.24, 2.45) is 0 Å². The fourth-order valence-electron chi connectivity index (χ4n) is 2.80. The lowest BCUT2D eigenvalue weighted by molar-refractivity contribution is 0.102. The number of carbonyl (C=O) groups is 1. The smallest absolute Gasteiger partial charge is 0.263 e. The van der Waals surface area contributed by atoms with Gasteiger partial charge in [-0.3, -0.25) is 9.52 Å². The number of hydrogen-bond acceptors (Lipinski definition) is 3. The van der Waals surface area contributed by atoms with E-state index < -0.39 is 15.9 Å². The quantitative estimate of drug-likeness (QED) is 0.577. The fourth-order valence-corrected chi connectivity index (χ4v) is 4.46. The first kappa shape index (κ1) is 20.9. The Morgan fingerprint density at radius 2 is 1.55 bits per heavy atom. The van der Waals surface area contributed by atoms with E-state index in [0.29, 0.717) is 11.4 Å². The molecule has 1 amide bonds. The van der Waals surface area contributed by atoms with Gasteiger partial charge in [0.2, 0.25) is 0 Å². The second kappa shape index (κ2) is 8.27. The monoisotopic (exact) mass is 428 g/mol. The minimum absolute atomic E-state index is 0.0365. The van der Waals surface area contributed by atoms with Crippen molar-refractivity contribution < 1.29 is 13.2 Å². The van der Waals surface area contributed by atoms with Gasteiger partial charge in [-0.05, 0) is 67.8 Å². The first-order chi connectivity index (χ1) is 13.7. The zero-order valence-corrected chi connectivity index (χ0v) is 17.9. The highest BCUT2D eigenvalue weighted by molar-refractivity contribution is 7.92. The molecule has 0 saturated heterocycles. The predicted molar refractivity (Wildman–Crippen MR) is 117 cm³/mol. The molecule has 0 fully saturated rings. The summed E-state index contributed by atoms with van der Waals surface area (Å²) >= 11 is 6.15. The molecule has 7 heteroatoms. The Kier molecular flexibility index (Phi) is 5.96. The molecule has 5 nitrogen and oxygen atoms in total. The summed E-state index contributed by atoms with van der Waals surface area (Å²) in [6.45, 7) is 5.62. The summed E-state index contributed by atoms with van der Waals surface area (Å²) in [5.74, 6) is -0.414. The Hall–Kier alpha value is -2.83. The molecule has 2 N–H and O–H groups in total. The van der Waals surface area contributed by atoms with Crippen molar-refractivity contribution in [2.45, 2.75) is 25.7 Å². The maximum absolute atomic E-state index is 12.9. The highest BCUT2D eigenvalue weighted by Gasteiger charge is 2.21. The van der Waals surface area contributed by atoms with Gasteiger partial charge < -0.3 is 5.32 Å². The molecule has 150 valence electrons. The van der Waals surface area contributed by atoms with Crippen LogP contribution in [0, 0.1) is 20.8 Å². The molecule has 0 spiro atoms. The molecule has 0 aliphatic rings. The van der Waals surface area contributed by atoms with E-state index in [2.05, 4.69) is 10.0 Å². The van der Waals surface area contributed by atoms with E-state index in [9.17, 15) is 13.2 Å². The van der Waals surface area contributed by atoms with Crippen LogP contribution in [0.2, 0.25) is 5.02 Å². The van der Waals surface area contributed by atoms with E-state index in [4.69, 9.17) is 11.6 Å². The summed E-state index contributed by atoms with van der Waals surface area (Å²) in [5, 5.41) is 2.86. The lowest BCUT2D eigenvalue weighted by Crippen LogP contribution is -2.17. The van der Waals surface area contributed by atoms with Gasteiger partial charge in [0.15, 0.2) is 0 Å². The lowest BCUT2D eigenvalue weighted by Gasteiger charge is -2.13. The molecule has 29 heavy (non-hydrogen) atoms. The third-order valence-corrected chi connectivity index (χ3v) is 6.36. The minimum Gasteiger partial charge on any atom is -0.322 e. The minimum atomic E-state index is -3.97. The van der Waals surface area contributed by atoms with Gasteiger partial charge in [-0.15, -0.1) is 0 Å². The van der Waals surface area contributed by atoms with E-state index in [1.54, 1.807) is 25.1 Å². The number of hydrogen-bond donors (Lipinski definition) is 2. The molecular formula is C22H21ClN2O3S. The van der Waals surface area contributed by atoms with Crippen LogP contribution in [0.5, 0.6) is 0 Å². The van der Waals surface area contributed by atoms with Gasteiger partial charge in [-0.1, -0.05) is 41.9 Å². The number of amides is 1. The highest BCUT2D eigenvalue weighted by atomic mass is 35.5. The van der Waals surface area contributed by atoms with Crippen molar-refractivity contribution >= 4 is 38.9 Å². The largest absolute Gasteiger partial charge is 0.322 e. The maximum Gasteiger partial charge on any atom is 0.263 e. The van der Waals surface area contributed by atoms with Gasteiger partial charge in [0, 0.05) is 11.3 Å². The Bertz CT molecular complexity index is 1190. The number of sulfonamides is 1. The molecule has 0 aliphatic carbocycles. The van der Waals surface area contributed by atoms with E-state index in [-0.39, 0.29) is 15.5 Å². The van der Waals surface area contributed by atoms with Crippen LogP contribution in [-0.2, 0) is 10.0 Å². The van der Waals surface area contributed by atoms with Gasteiger partial charge >= 0.3 is 0 Å². The molecule has 0 unspecified atom stereocenters. The summed E-state index contributed by atoms with van der Waals surface area (Å²) in [6, 6.07) is 16.9. The number of para-hydroxylation sites is 1. The Balaban J connectivity index is 1.92. The standard InChI is InChI=1S/C22H21ClN2O3S/c1-14-8-9-16(3)20(12-14)24-22(26)17-10-11-18(23)21(13-17)29(27,28)25-19-7-5-4-6-15(19)2/h4-13,25H,1-3H3,(H,24,26). The highest BCUT2D eigenvalue weighted by Crippen LogP contribution is 2.27. The first-order valence-corrected chi connectivity index (χ1v) is 10.8. The van der Waals surface area contributed by atoms with E-state index in [1.165, 1.54) is 18.2 Å². The van der Waals surface area contributed by atoms with Gasteiger partial charge in [0.05, 0.1) is 10.7 Å². The third kappa shape index (κ3) is 4.78. The average molecular weight is 429 g/mol. The third-order valence-electron chi connectivity index (χ3n) is 4.51. The second-order valence-electron chi connectivity index (χ2n) is 6.84. The zero-order valence-electron chi connectivity index (χ0n) is 16.3. The van der Waals surface area contributed by atoms with Crippen molar-refractivity contribution in [3.05, 3.63) is 87.9 Å². The molecular weight excluding hydrogens is 408 g/mol. The molecule has 0 bridgehead atoms. The van der Waals surface area contributed by atoms with Gasteiger partial charge in [0.1, 0.15) is 4.90 Å². The number of rotatable bonds is 5. The number of aryl methyl sites for hydroxylation is 3. The lowest BCUT2D eigenvalue weighted by atomic mass is 10.1. The fraction of sp³-hybridized carbons (Fsp3) is 0.136. The molecule has 0 saturated carbocycles. The molecule has 3 aromatic carbocycles. The number of benzene rings is 3. The summed E-state index contributed by atoms with van der Waals surface area (Å²) in [6.07, 6.45) is 0. The Morgan fingerprint density at radius 3 is 2.28 bits per heavy atom. The van der Waals surface area contributed by atoms with Crippen molar-refractivity contribution in [3.63, 3.8) is 0 Å². The van der Waals surface area contributed by atoms with Gasteiger partial charge in [0.25, 0.3) is 15.9 Å². The Morgan fingerprint density at radius 1 is 0.862 bits per heavy atom. The van der Waals surface area contributed by atoms with Crippen LogP contribution in [0.15, 0.2) is 65.6 Å². The summed E-state index contributed by atoms with van der Waals surface area (Å²) in [5.41, 5.74) is 4.01. The zero-order chi connectivity index (χ0) is 21.2. The number of nitrogens with one attached hydrogen (secondary N) is 2. The topological polar surface area (TPSA) is 75.3 Å². The van der Waals surface area contributed by atoms with Crippen LogP contribution in [0.4, 0.5) is 11.4 Å². The van der Waals surface area contributed by atoms with Crippen LogP contribution in [0.3, 0.4) is 0 Å². The van der Waals surface area contributed by atoms with Crippen LogP contribution in [0.25, 0.3) is 0 Å². The molecule has 0 radical (unpaired) electrons. The predicted octanol–water partition coefficient (Wildman–Crippen LogP) is 5.32. The van der Waals surface area contributed by atoms with Crippen LogP contribution < -0.4 is 10.0 Å². The van der Waals surface area contributed by atoms with Gasteiger partial charge in [-0.25, -0.2) is 8.42 Å². The number of carbonyl (C=O) groups excluding carboxylic acids is 1. The SMILES string of the molecule is Cc1ccc(C)c(NC(=O)c2ccc(Cl)c(S(=O)(=O)Nc3ccccc3C)c2)c1. The van der Waals surface area contributed by atoms with E-state index in [1.807, 2.05) is 38.1 Å². The first-order valence-electron chi connectivity index (χ1n) is 8.94. The van der Waals surface area contributed by atoms with E-state index in [0.717, 1.165) is 16.7 Å². The normalized spacial score (nSPS) is 11.2. The summed E-state index contributed by atoms with van der Waals surface area (Å²) < 4.78 is 28.3. The van der Waals surface area contributed by atoms with Crippen molar-refractivity contribution in [1.29, 1.82) is 0 Å². The summed E-state index contributed by atoms with van der Waals surface area (Å²) in [7, 11) is -3.97. The molecule has 3 rings (SSSR count). The van der Waals surface area contributed by atoms with Crippen LogP contribution in [-0.4, -0.2) is 14.3 Å². The maximum atomic E-state index is 12.9. The van der Waals surface area contributed by atoms with Crippen LogP contribution >= 0.6 is 11.6 Å². The van der Waals surface area contributed by atoms with Crippen LogP contribution in [0.1, 0.15) is 27.0 Å². The van der Waals surface area contributed by atoms with Gasteiger partial charge in [-0.2, -0.15) is 0 Å². The average Bonchev–Trinajstić information content (AvgIpc) is 2.66. The Labute approximate surface area is 175 Å². The molecule has 0 heterocycles. The summed E-state index contributed by atoms with van der Waals surface area (Å²) in [4.78, 5) is 12.6. The molecule has 3 aromatic rings. The molecule has 0 aliphatic heterocycles. The van der Waals surface area contributed by atoms with E-state index >= 15 is 0 Å². The van der Waals surface area contributed by atoms with Crippen molar-refractivity contribution in [2.75, 3.05) is 10.0 Å². The second-order valence-corrected chi connectivity index (χ2v) is 8.90. The molecule has 0 aromatic heterocycles. The number of halogens is 1. The molecule has 0 atom stereocenters. The van der Waals surface area contributed by atoms with Crippen molar-refractivity contribution in [3.8, 4) is 0 Å².